The number of rotatable bonds is 1. The molecule has 0 aliphatic rings. The number of benzene rings is 1. The first-order valence-electron chi connectivity index (χ1n) is 3.06. The van der Waals surface area contributed by atoms with Gasteiger partial charge in [0.15, 0.2) is 0 Å². The summed E-state index contributed by atoms with van der Waals surface area (Å²) >= 11 is 0. The third kappa shape index (κ3) is 3.40. The zero-order valence-corrected chi connectivity index (χ0v) is 7.56. The summed E-state index contributed by atoms with van der Waals surface area (Å²) in [5, 5.41) is 0. The SMILES string of the molecule is C#CC(=O)Oc1ccccc1.[Ag+]. The summed E-state index contributed by atoms with van der Waals surface area (Å²) in [5.74, 6) is 1.65. The van der Waals surface area contributed by atoms with Crippen LogP contribution in [0.4, 0.5) is 0 Å². The predicted molar refractivity (Wildman–Crippen MR) is 40.9 cm³/mol. The van der Waals surface area contributed by atoms with E-state index in [-0.39, 0.29) is 22.4 Å². The van der Waals surface area contributed by atoms with Crippen molar-refractivity contribution in [2.45, 2.75) is 0 Å². The van der Waals surface area contributed by atoms with Gasteiger partial charge in [-0.3, -0.25) is 0 Å². The maximum Gasteiger partial charge on any atom is 1.00 e. The van der Waals surface area contributed by atoms with E-state index in [1.54, 1.807) is 24.3 Å². The topological polar surface area (TPSA) is 26.3 Å². The molecule has 1 rings (SSSR count). The molecule has 0 N–H and O–H groups in total. The minimum absolute atomic E-state index is 0. The molecule has 0 atom stereocenters. The van der Waals surface area contributed by atoms with Gasteiger partial charge in [-0.05, 0) is 12.1 Å². The maximum absolute atomic E-state index is 10.5. The minimum Gasteiger partial charge on any atom is -0.417 e. The summed E-state index contributed by atoms with van der Waals surface area (Å²) in [7, 11) is 0. The van der Waals surface area contributed by atoms with Gasteiger partial charge in [-0.15, -0.1) is 6.42 Å². The molecule has 0 amide bonds. The molecule has 0 heterocycles. The fourth-order valence-corrected chi connectivity index (χ4v) is 0.625. The van der Waals surface area contributed by atoms with Crippen LogP contribution < -0.4 is 4.74 Å². The summed E-state index contributed by atoms with van der Waals surface area (Å²) in [6, 6.07) is 8.68. The molecule has 0 fully saturated rings. The van der Waals surface area contributed by atoms with E-state index in [2.05, 4.69) is 4.74 Å². The van der Waals surface area contributed by atoms with Crippen LogP contribution in [0.1, 0.15) is 0 Å². The molecule has 0 bridgehead atoms. The molecule has 1 aromatic rings. The van der Waals surface area contributed by atoms with E-state index in [0.29, 0.717) is 5.75 Å². The molecule has 0 saturated heterocycles. The smallest absolute Gasteiger partial charge is 0.417 e. The number of carbonyl (C=O) groups excluding carboxylic acids is 1. The van der Waals surface area contributed by atoms with E-state index >= 15 is 0 Å². The molecule has 0 aromatic heterocycles. The van der Waals surface area contributed by atoms with Gasteiger partial charge in [0.25, 0.3) is 0 Å². The first-order valence-corrected chi connectivity index (χ1v) is 3.06. The molecule has 0 saturated carbocycles. The van der Waals surface area contributed by atoms with Gasteiger partial charge in [-0.25, -0.2) is 4.79 Å². The Morgan fingerprint density at radius 2 is 1.92 bits per heavy atom. The van der Waals surface area contributed by atoms with Gasteiger partial charge in [0.2, 0.25) is 0 Å². The molecule has 2 nitrogen and oxygen atoms in total. The van der Waals surface area contributed by atoms with E-state index in [9.17, 15) is 4.79 Å². The van der Waals surface area contributed by atoms with E-state index in [1.807, 2.05) is 12.0 Å². The van der Waals surface area contributed by atoms with Crippen LogP contribution in [0.3, 0.4) is 0 Å². The standard InChI is InChI=1S/C9H6O2.Ag/c1-2-9(10)11-8-6-4-3-5-7-8;/h1,3-7H;/q;+1. The van der Waals surface area contributed by atoms with E-state index in [4.69, 9.17) is 6.42 Å². The predicted octanol–water partition coefficient (Wildman–Crippen LogP) is 1.22. The van der Waals surface area contributed by atoms with Crippen molar-refractivity contribution in [2.75, 3.05) is 0 Å². The Balaban J connectivity index is 0.00000121. The number of hydrogen-bond donors (Lipinski definition) is 0. The second kappa shape index (κ2) is 5.62. The number of ether oxygens (including phenoxy) is 1. The van der Waals surface area contributed by atoms with Crippen LogP contribution >= 0.6 is 0 Å². The summed E-state index contributed by atoms with van der Waals surface area (Å²) in [4.78, 5) is 10.5. The van der Waals surface area contributed by atoms with Crippen LogP contribution in [0.2, 0.25) is 0 Å². The first kappa shape index (κ1) is 11.0. The van der Waals surface area contributed by atoms with Crippen molar-refractivity contribution >= 4 is 5.97 Å². The third-order valence-corrected chi connectivity index (χ3v) is 1.07. The number of carbonyl (C=O) groups is 1. The van der Waals surface area contributed by atoms with Gasteiger partial charge >= 0.3 is 28.3 Å². The average molecular weight is 254 g/mol. The van der Waals surface area contributed by atoms with E-state index in [1.165, 1.54) is 0 Å². The van der Waals surface area contributed by atoms with Crippen molar-refractivity contribution in [1.82, 2.24) is 0 Å². The number of terminal acetylenes is 1. The number of para-hydroxylation sites is 1. The molecular weight excluding hydrogens is 248 g/mol. The van der Waals surface area contributed by atoms with E-state index in [0.717, 1.165) is 0 Å². The van der Waals surface area contributed by atoms with Crippen LogP contribution in [0.15, 0.2) is 30.3 Å². The normalized spacial score (nSPS) is 7.58. The van der Waals surface area contributed by atoms with Crippen LogP contribution in [-0.4, -0.2) is 5.97 Å². The molecular formula is C9H6AgO2+. The van der Waals surface area contributed by atoms with Gasteiger partial charge < -0.3 is 4.74 Å². The maximum atomic E-state index is 10.5. The molecule has 64 valence electrons. The van der Waals surface area contributed by atoms with Gasteiger partial charge in [0, 0.05) is 5.92 Å². The Labute approximate surface area is 86.4 Å². The Kier molecular flexibility index (Phi) is 5.14. The summed E-state index contributed by atoms with van der Waals surface area (Å²) in [6.07, 6.45) is 4.80. The summed E-state index contributed by atoms with van der Waals surface area (Å²) in [5.41, 5.74) is 0. The van der Waals surface area contributed by atoms with Crippen molar-refractivity contribution in [1.29, 1.82) is 0 Å². The molecule has 1 aromatic carbocycles. The van der Waals surface area contributed by atoms with Crippen molar-refractivity contribution in [3.63, 3.8) is 0 Å². The molecule has 0 aliphatic carbocycles. The van der Waals surface area contributed by atoms with Gasteiger partial charge in [-0.1, -0.05) is 18.2 Å². The first-order chi connectivity index (χ1) is 5.33. The second-order valence-corrected chi connectivity index (χ2v) is 1.85. The molecule has 0 spiro atoms. The molecule has 12 heavy (non-hydrogen) atoms. The molecule has 0 unspecified atom stereocenters. The summed E-state index contributed by atoms with van der Waals surface area (Å²) < 4.78 is 4.69. The monoisotopic (exact) mass is 253 g/mol. The van der Waals surface area contributed by atoms with Crippen LogP contribution in [0.5, 0.6) is 5.75 Å². The van der Waals surface area contributed by atoms with Gasteiger partial charge in [0.05, 0.1) is 0 Å². The van der Waals surface area contributed by atoms with Crippen LogP contribution in [0.25, 0.3) is 0 Å². The van der Waals surface area contributed by atoms with Crippen LogP contribution in [-0.2, 0) is 27.2 Å². The molecule has 3 heteroatoms. The minimum atomic E-state index is -0.670. The number of esters is 1. The second-order valence-electron chi connectivity index (χ2n) is 1.85. The Hall–Kier alpha value is -1.01. The molecule has 0 aliphatic heterocycles. The van der Waals surface area contributed by atoms with Crippen molar-refractivity contribution in [3.8, 4) is 18.1 Å². The summed E-state index contributed by atoms with van der Waals surface area (Å²) in [6.45, 7) is 0. The zero-order chi connectivity index (χ0) is 8.10. The fourth-order valence-electron chi connectivity index (χ4n) is 0.625. The van der Waals surface area contributed by atoms with Gasteiger partial charge in [-0.2, -0.15) is 0 Å². The van der Waals surface area contributed by atoms with Crippen molar-refractivity contribution in [3.05, 3.63) is 30.3 Å². The van der Waals surface area contributed by atoms with Gasteiger partial charge in [0.1, 0.15) is 5.75 Å². The average Bonchev–Trinajstić information content (AvgIpc) is 2.06. The Morgan fingerprint density at radius 1 is 1.33 bits per heavy atom. The molecule has 0 radical (unpaired) electrons. The van der Waals surface area contributed by atoms with E-state index < -0.39 is 5.97 Å². The number of hydrogen-bond acceptors (Lipinski definition) is 2. The fraction of sp³-hybridized carbons (Fsp3) is 0. The quantitative estimate of drug-likeness (QED) is 0.247. The Bertz CT molecular complexity index is 287. The largest absolute Gasteiger partial charge is 1.00 e. The van der Waals surface area contributed by atoms with Crippen LogP contribution in [0, 0.1) is 12.3 Å². The van der Waals surface area contributed by atoms with Crippen molar-refractivity contribution in [2.24, 2.45) is 0 Å². The van der Waals surface area contributed by atoms with Crippen molar-refractivity contribution < 1.29 is 31.9 Å². The third-order valence-electron chi connectivity index (χ3n) is 1.07. The zero-order valence-electron chi connectivity index (χ0n) is 6.08. The Morgan fingerprint density at radius 3 is 2.42 bits per heavy atom.